The topological polar surface area (TPSA) is 121 Å². The number of aryl methyl sites for hydroxylation is 1. The van der Waals surface area contributed by atoms with Crippen molar-refractivity contribution in [3.05, 3.63) is 52.6 Å². The molecule has 0 aliphatic rings. The van der Waals surface area contributed by atoms with Crippen LogP contribution in [0, 0.1) is 22.7 Å². The Kier molecular flexibility index (Phi) is 10.3. The fraction of sp³-hybridized carbons (Fsp3) is 0.467. The molecular formula is C30H40O6. The van der Waals surface area contributed by atoms with Gasteiger partial charge in [-0.15, -0.1) is 0 Å². The van der Waals surface area contributed by atoms with Gasteiger partial charge in [0, 0.05) is 18.8 Å². The molecule has 0 aromatic heterocycles. The summed E-state index contributed by atoms with van der Waals surface area (Å²) < 4.78 is 0. The summed E-state index contributed by atoms with van der Waals surface area (Å²) in [5.41, 5.74) is 1.07. The Morgan fingerprint density at radius 2 is 1.28 bits per heavy atom. The Morgan fingerprint density at radius 3 is 1.89 bits per heavy atom. The lowest BCUT2D eigenvalue weighted by Crippen LogP contribution is -2.16. The highest BCUT2D eigenvalue weighted by Gasteiger charge is 2.17. The summed E-state index contributed by atoms with van der Waals surface area (Å²) >= 11 is 0. The van der Waals surface area contributed by atoms with Crippen LogP contribution in [0.4, 0.5) is 0 Å². The zero-order valence-corrected chi connectivity index (χ0v) is 21.8. The minimum Gasteiger partial charge on any atom is -0.508 e. The zero-order chi connectivity index (χ0) is 26.9. The third-order valence-corrected chi connectivity index (χ3v) is 6.32. The van der Waals surface area contributed by atoms with Gasteiger partial charge < -0.3 is 30.6 Å². The van der Waals surface area contributed by atoms with Gasteiger partial charge in [-0.2, -0.15) is 0 Å². The van der Waals surface area contributed by atoms with Gasteiger partial charge in [-0.3, -0.25) is 0 Å². The minimum absolute atomic E-state index is 0.0163. The molecule has 0 fully saturated rings. The molecule has 0 atom stereocenters. The normalized spacial score (nSPS) is 12.1. The molecule has 2 rings (SSSR count). The number of allylic oxidation sites excluding steroid dienone is 1. The smallest absolute Gasteiger partial charge is 0.138 e. The first-order chi connectivity index (χ1) is 16.9. The van der Waals surface area contributed by atoms with Crippen molar-refractivity contribution in [1.29, 1.82) is 0 Å². The fourth-order valence-corrected chi connectivity index (χ4v) is 3.72. The van der Waals surface area contributed by atoms with Crippen molar-refractivity contribution in [1.82, 2.24) is 0 Å². The molecule has 0 saturated carbocycles. The third-order valence-electron chi connectivity index (χ3n) is 6.32. The van der Waals surface area contributed by atoms with Gasteiger partial charge in [0.1, 0.15) is 23.0 Å². The van der Waals surface area contributed by atoms with Crippen molar-refractivity contribution in [2.75, 3.05) is 13.2 Å². The Labute approximate surface area is 214 Å². The molecule has 0 unspecified atom stereocenters. The van der Waals surface area contributed by atoms with E-state index in [1.165, 1.54) is 24.3 Å². The van der Waals surface area contributed by atoms with Gasteiger partial charge in [0.15, 0.2) is 0 Å². The monoisotopic (exact) mass is 496 g/mol. The molecule has 0 aliphatic heterocycles. The lowest BCUT2D eigenvalue weighted by atomic mass is 9.87. The van der Waals surface area contributed by atoms with Gasteiger partial charge in [-0.05, 0) is 72.8 Å². The molecule has 0 aliphatic carbocycles. The number of aliphatic hydroxyl groups is 2. The van der Waals surface area contributed by atoms with E-state index >= 15 is 0 Å². The Morgan fingerprint density at radius 1 is 0.722 bits per heavy atom. The van der Waals surface area contributed by atoms with E-state index in [0.29, 0.717) is 24.0 Å². The fourth-order valence-electron chi connectivity index (χ4n) is 3.72. The van der Waals surface area contributed by atoms with Crippen molar-refractivity contribution in [3.8, 4) is 34.8 Å². The zero-order valence-electron chi connectivity index (χ0n) is 21.8. The van der Waals surface area contributed by atoms with Crippen LogP contribution in [0.2, 0.25) is 0 Å². The molecule has 36 heavy (non-hydrogen) atoms. The average Bonchev–Trinajstić information content (AvgIpc) is 2.82. The number of rotatable bonds is 11. The van der Waals surface area contributed by atoms with Crippen LogP contribution in [0.3, 0.4) is 0 Å². The van der Waals surface area contributed by atoms with Crippen molar-refractivity contribution < 1.29 is 30.6 Å². The molecule has 6 N–H and O–H groups in total. The van der Waals surface area contributed by atoms with Crippen LogP contribution in [0.15, 0.2) is 30.3 Å². The number of phenols is 4. The third kappa shape index (κ3) is 8.82. The van der Waals surface area contributed by atoms with Gasteiger partial charge >= 0.3 is 0 Å². The molecule has 6 heteroatoms. The maximum Gasteiger partial charge on any atom is 0.138 e. The van der Waals surface area contributed by atoms with E-state index in [1.54, 1.807) is 6.08 Å². The quantitative estimate of drug-likeness (QED) is 0.140. The van der Waals surface area contributed by atoms with Crippen molar-refractivity contribution in [2.45, 2.75) is 66.2 Å². The van der Waals surface area contributed by atoms with E-state index in [2.05, 4.69) is 11.8 Å². The highest BCUT2D eigenvalue weighted by Crippen LogP contribution is 2.32. The SMILES string of the molecule is CC(C)(CO)CCC=Cc1cc(O)cc(C#Cc2cc(O)cc(CCCCC(C)(C)CO)c2O)c1O. The molecule has 2 aromatic rings. The first kappa shape index (κ1) is 29.1. The Balaban J connectivity index is 2.21. The van der Waals surface area contributed by atoms with Crippen LogP contribution < -0.4 is 0 Å². The van der Waals surface area contributed by atoms with Crippen LogP contribution in [0.25, 0.3) is 6.08 Å². The molecule has 196 valence electrons. The summed E-state index contributed by atoms with van der Waals surface area (Å²) in [5.74, 6) is 5.42. The molecule has 0 radical (unpaired) electrons. The van der Waals surface area contributed by atoms with E-state index in [0.717, 1.165) is 25.7 Å². The van der Waals surface area contributed by atoms with E-state index < -0.39 is 0 Å². The highest BCUT2D eigenvalue weighted by molar-refractivity contribution is 5.66. The molecule has 0 bridgehead atoms. The second-order valence-corrected chi connectivity index (χ2v) is 11.0. The summed E-state index contributed by atoms with van der Waals surface area (Å²) in [7, 11) is 0. The van der Waals surface area contributed by atoms with Crippen LogP contribution >= 0.6 is 0 Å². The maximum absolute atomic E-state index is 10.7. The predicted molar refractivity (Wildman–Crippen MR) is 143 cm³/mol. The van der Waals surface area contributed by atoms with Crippen molar-refractivity contribution >= 4 is 6.08 Å². The molecule has 0 saturated heterocycles. The van der Waals surface area contributed by atoms with Crippen molar-refractivity contribution in [3.63, 3.8) is 0 Å². The van der Waals surface area contributed by atoms with Crippen LogP contribution in [0.5, 0.6) is 23.0 Å². The summed E-state index contributed by atoms with van der Waals surface area (Å²) in [4.78, 5) is 0. The van der Waals surface area contributed by atoms with Gasteiger partial charge in [-0.1, -0.05) is 58.1 Å². The number of hydrogen-bond acceptors (Lipinski definition) is 6. The van der Waals surface area contributed by atoms with E-state index in [1.807, 2.05) is 33.8 Å². The van der Waals surface area contributed by atoms with Crippen molar-refractivity contribution in [2.24, 2.45) is 10.8 Å². The molecule has 0 heterocycles. The van der Waals surface area contributed by atoms with E-state index in [-0.39, 0.29) is 58.2 Å². The van der Waals surface area contributed by atoms with Gasteiger partial charge in [0.05, 0.1) is 11.1 Å². The molecule has 0 amide bonds. The standard InChI is InChI=1S/C30H40O6/c1-29(2,19-31)13-7-5-9-21-15-25(33)17-23(27(21)35)11-12-24-18-26(34)16-22(28(24)36)10-6-8-14-30(3,4)20-32/h5,9,15-18,31-36H,6-8,10,13-14,19-20H2,1-4H3. The number of unbranched alkanes of at least 4 members (excludes halogenated alkanes) is 1. The first-order valence-electron chi connectivity index (χ1n) is 12.4. The lowest BCUT2D eigenvalue weighted by molar-refractivity contribution is 0.147. The molecule has 6 nitrogen and oxygen atoms in total. The van der Waals surface area contributed by atoms with E-state index in [4.69, 9.17) is 0 Å². The largest absolute Gasteiger partial charge is 0.508 e. The second kappa shape index (κ2) is 12.7. The van der Waals surface area contributed by atoms with E-state index in [9.17, 15) is 30.6 Å². The lowest BCUT2D eigenvalue weighted by Gasteiger charge is -2.21. The van der Waals surface area contributed by atoms with Crippen LogP contribution in [0.1, 0.15) is 82.1 Å². The number of hydrogen-bond donors (Lipinski definition) is 6. The van der Waals surface area contributed by atoms with Crippen LogP contribution in [-0.4, -0.2) is 43.9 Å². The predicted octanol–water partition coefficient (Wildman–Crippen LogP) is 5.45. The minimum atomic E-state index is -0.194. The summed E-state index contributed by atoms with van der Waals surface area (Å²) in [6.07, 6.45) is 8.10. The first-order valence-corrected chi connectivity index (χ1v) is 12.4. The summed E-state index contributed by atoms with van der Waals surface area (Å²) in [5, 5.41) is 60.4. The second-order valence-electron chi connectivity index (χ2n) is 11.0. The summed E-state index contributed by atoms with van der Waals surface area (Å²) in [6, 6.07) is 5.67. The molecule has 0 spiro atoms. The maximum atomic E-state index is 10.7. The van der Waals surface area contributed by atoms with Gasteiger partial charge in [-0.25, -0.2) is 0 Å². The number of phenolic OH excluding ortho intramolecular Hbond substituents is 4. The number of aliphatic hydroxyl groups excluding tert-OH is 2. The van der Waals surface area contributed by atoms with Gasteiger partial charge in [0.2, 0.25) is 0 Å². The number of aromatic hydroxyl groups is 4. The molecular weight excluding hydrogens is 456 g/mol. The number of benzene rings is 2. The van der Waals surface area contributed by atoms with Gasteiger partial charge in [0.25, 0.3) is 0 Å². The Bertz CT molecular complexity index is 1120. The molecule has 2 aromatic carbocycles. The highest BCUT2D eigenvalue weighted by atomic mass is 16.3. The summed E-state index contributed by atoms with van der Waals surface area (Å²) in [6.45, 7) is 8.15. The van der Waals surface area contributed by atoms with Crippen LogP contribution in [-0.2, 0) is 6.42 Å². The Hall–Kier alpha value is -3.14. The average molecular weight is 497 g/mol.